The Hall–Kier alpha value is -2.67. The van der Waals surface area contributed by atoms with Gasteiger partial charge in [0.2, 0.25) is 5.91 Å². The van der Waals surface area contributed by atoms with Gasteiger partial charge in [-0.1, -0.05) is 24.3 Å². The second-order valence-electron chi connectivity index (χ2n) is 6.69. The topological polar surface area (TPSA) is 80.3 Å². The molecule has 26 heavy (non-hydrogen) atoms. The maximum absolute atomic E-state index is 11.7. The molecule has 0 fully saturated rings. The van der Waals surface area contributed by atoms with Crippen LogP contribution in [0.1, 0.15) is 44.5 Å². The van der Waals surface area contributed by atoms with Crippen LogP contribution >= 0.6 is 11.3 Å². The molecule has 0 aliphatic heterocycles. The summed E-state index contributed by atoms with van der Waals surface area (Å²) in [5, 5.41) is 7.85. The Kier molecular flexibility index (Phi) is 6.52. The molecule has 0 bridgehead atoms. The third kappa shape index (κ3) is 7.06. The molecule has 2 rings (SSSR count). The molecule has 0 aliphatic carbocycles. The van der Waals surface area contributed by atoms with Gasteiger partial charge in [0.1, 0.15) is 5.60 Å². The van der Waals surface area contributed by atoms with Crippen LogP contribution in [-0.4, -0.2) is 22.6 Å². The molecule has 1 aromatic carbocycles. The molecule has 1 heterocycles. The van der Waals surface area contributed by atoms with Crippen molar-refractivity contribution in [2.45, 2.75) is 39.8 Å². The van der Waals surface area contributed by atoms with Gasteiger partial charge in [-0.25, -0.2) is 9.78 Å². The van der Waals surface area contributed by atoms with Crippen LogP contribution in [-0.2, 0) is 16.1 Å². The molecule has 0 saturated heterocycles. The molecule has 0 saturated carbocycles. The van der Waals surface area contributed by atoms with E-state index in [0.29, 0.717) is 11.7 Å². The molecule has 0 spiro atoms. The molecule has 138 valence electrons. The first-order chi connectivity index (χ1) is 12.2. The molecule has 7 heteroatoms. The molecule has 0 radical (unpaired) electrons. The van der Waals surface area contributed by atoms with E-state index >= 15 is 0 Å². The normalized spacial score (nSPS) is 11.4. The van der Waals surface area contributed by atoms with E-state index in [2.05, 4.69) is 15.6 Å². The van der Waals surface area contributed by atoms with E-state index in [1.54, 1.807) is 0 Å². The highest BCUT2D eigenvalue weighted by Crippen LogP contribution is 2.17. The molecule has 2 amide bonds. The fraction of sp³-hybridized carbons (Fsp3) is 0.316. The van der Waals surface area contributed by atoms with Crippen LogP contribution in [0.15, 0.2) is 29.6 Å². The van der Waals surface area contributed by atoms with Crippen LogP contribution in [0.25, 0.3) is 12.2 Å². The lowest BCUT2D eigenvalue weighted by molar-refractivity contribution is -0.114. The summed E-state index contributed by atoms with van der Waals surface area (Å²) in [5.41, 5.74) is 2.21. The first-order valence-electron chi connectivity index (χ1n) is 8.18. The fourth-order valence-corrected chi connectivity index (χ4v) is 2.77. The van der Waals surface area contributed by atoms with Gasteiger partial charge in [0.15, 0.2) is 5.13 Å². The predicted octanol–water partition coefficient (Wildman–Crippen LogP) is 4.30. The van der Waals surface area contributed by atoms with Crippen molar-refractivity contribution in [3.63, 3.8) is 0 Å². The minimum absolute atomic E-state index is 0.139. The van der Waals surface area contributed by atoms with Crippen molar-refractivity contribution in [2.24, 2.45) is 0 Å². The number of nitrogens with one attached hydrogen (secondary N) is 2. The summed E-state index contributed by atoms with van der Waals surface area (Å²) in [6.45, 7) is 7.32. The van der Waals surface area contributed by atoms with E-state index in [0.717, 1.165) is 16.8 Å². The Balaban J connectivity index is 1.95. The summed E-state index contributed by atoms with van der Waals surface area (Å²) in [4.78, 5) is 27.1. The van der Waals surface area contributed by atoms with Crippen molar-refractivity contribution in [1.29, 1.82) is 0 Å². The summed E-state index contributed by atoms with van der Waals surface area (Å²) in [5.74, 6) is -0.139. The summed E-state index contributed by atoms with van der Waals surface area (Å²) in [7, 11) is 0. The molecular formula is C19H23N3O3S. The number of alkyl carbamates (subject to hydrolysis) is 1. The monoisotopic (exact) mass is 373 g/mol. The molecule has 0 aliphatic rings. The predicted molar refractivity (Wildman–Crippen MR) is 105 cm³/mol. The van der Waals surface area contributed by atoms with Crippen LogP contribution in [0, 0.1) is 0 Å². The molecular weight excluding hydrogens is 350 g/mol. The van der Waals surface area contributed by atoms with E-state index in [4.69, 9.17) is 4.74 Å². The number of amides is 2. The number of thiazole rings is 1. The summed E-state index contributed by atoms with van der Waals surface area (Å²) in [6, 6.07) is 7.81. The zero-order chi connectivity index (χ0) is 19.2. The highest BCUT2D eigenvalue weighted by atomic mass is 32.1. The standard InChI is InChI=1S/C19H23N3O3S/c1-13(23)21-17-22-16(12-26-17)9-8-14-6-5-7-15(10-14)11-20-18(24)25-19(2,3)4/h5-10,12H,11H2,1-4H3,(H,20,24)(H,21,22,23)/b9-8+. The summed E-state index contributed by atoms with van der Waals surface area (Å²) >= 11 is 1.38. The Morgan fingerprint density at radius 2 is 2.04 bits per heavy atom. The SMILES string of the molecule is CC(=O)Nc1nc(/C=C/c2cccc(CNC(=O)OC(C)(C)C)c2)cs1. The molecule has 1 aromatic heterocycles. The van der Waals surface area contributed by atoms with Crippen molar-refractivity contribution >= 4 is 40.6 Å². The van der Waals surface area contributed by atoms with Gasteiger partial charge in [0.25, 0.3) is 0 Å². The second kappa shape index (κ2) is 8.62. The summed E-state index contributed by atoms with van der Waals surface area (Å²) < 4.78 is 5.22. The Morgan fingerprint density at radius 3 is 2.73 bits per heavy atom. The smallest absolute Gasteiger partial charge is 0.407 e. The lowest BCUT2D eigenvalue weighted by atomic mass is 10.1. The second-order valence-corrected chi connectivity index (χ2v) is 7.55. The average Bonchev–Trinajstić information content (AvgIpc) is 2.96. The summed E-state index contributed by atoms with van der Waals surface area (Å²) in [6.07, 6.45) is 3.37. The van der Waals surface area contributed by atoms with Crippen molar-refractivity contribution in [2.75, 3.05) is 5.32 Å². The quantitative estimate of drug-likeness (QED) is 0.819. The third-order valence-electron chi connectivity index (χ3n) is 3.04. The zero-order valence-electron chi connectivity index (χ0n) is 15.3. The van der Waals surface area contributed by atoms with Crippen molar-refractivity contribution in [1.82, 2.24) is 10.3 Å². The molecule has 6 nitrogen and oxygen atoms in total. The Bertz CT molecular complexity index is 806. The van der Waals surface area contributed by atoms with Crippen LogP contribution in [0.4, 0.5) is 9.93 Å². The minimum Gasteiger partial charge on any atom is -0.444 e. The minimum atomic E-state index is -0.516. The average molecular weight is 373 g/mol. The van der Waals surface area contributed by atoms with Gasteiger partial charge in [-0.3, -0.25) is 4.79 Å². The fourth-order valence-electron chi connectivity index (χ4n) is 2.05. The van der Waals surface area contributed by atoms with E-state index < -0.39 is 11.7 Å². The lowest BCUT2D eigenvalue weighted by Crippen LogP contribution is -2.32. The maximum Gasteiger partial charge on any atom is 0.407 e. The van der Waals surface area contributed by atoms with Crippen LogP contribution in [0.2, 0.25) is 0 Å². The number of rotatable bonds is 5. The number of carbonyl (C=O) groups excluding carboxylic acids is 2. The highest BCUT2D eigenvalue weighted by molar-refractivity contribution is 7.14. The number of nitrogens with zero attached hydrogens (tertiary/aromatic N) is 1. The van der Waals surface area contributed by atoms with Gasteiger partial charge >= 0.3 is 6.09 Å². The van der Waals surface area contributed by atoms with Crippen molar-refractivity contribution < 1.29 is 14.3 Å². The molecule has 0 atom stereocenters. The Morgan fingerprint density at radius 1 is 1.27 bits per heavy atom. The number of carbonyl (C=O) groups is 2. The van der Waals surface area contributed by atoms with Gasteiger partial charge in [-0.15, -0.1) is 11.3 Å². The first kappa shape index (κ1) is 19.7. The highest BCUT2D eigenvalue weighted by Gasteiger charge is 2.15. The van der Waals surface area contributed by atoms with Crippen LogP contribution in [0.5, 0.6) is 0 Å². The molecule has 0 unspecified atom stereocenters. The van der Waals surface area contributed by atoms with E-state index in [1.807, 2.05) is 62.6 Å². The number of ether oxygens (including phenoxy) is 1. The third-order valence-corrected chi connectivity index (χ3v) is 3.81. The van der Waals surface area contributed by atoms with E-state index in [9.17, 15) is 9.59 Å². The number of aromatic nitrogens is 1. The number of benzene rings is 1. The van der Waals surface area contributed by atoms with E-state index in [1.165, 1.54) is 18.3 Å². The van der Waals surface area contributed by atoms with Gasteiger partial charge in [-0.05, 0) is 44.0 Å². The van der Waals surface area contributed by atoms with Gasteiger partial charge in [-0.2, -0.15) is 0 Å². The zero-order valence-corrected chi connectivity index (χ0v) is 16.1. The van der Waals surface area contributed by atoms with Crippen LogP contribution in [0.3, 0.4) is 0 Å². The van der Waals surface area contributed by atoms with Crippen molar-refractivity contribution in [3.05, 3.63) is 46.5 Å². The van der Waals surface area contributed by atoms with Gasteiger partial charge in [0, 0.05) is 18.8 Å². The molecule has 2 N–H and O–H groups in total. The number of hydrogen-bond acceptors (Lipinski definition) is 5. The van der Waals surface area contributed by atoms with Gasteiger partial charge in [0.05, 0.1) is 5.69 Å². The maximum atomic E-state index is 11.7. The number of anilines is 1. The van der Waals surface area contributed by atoms with Gasteiger partial charge < -0.3 is 15.4 Å². The largest absolute Gasteiger partial charge is 0.444 e. The lowest BCUT2D eigenvalue weighted by Gasteiger charge is -2.19. The Labute approximate surface area is 157 Å². The number of hydrogen-bond donors (Lipinski definition) is 2. The first-order valence-corrected chi connectivity index (χ1v) is 9.06. The van der Waals surface area contributed by atoms with Crippen LogP contribution < -0.4 is 10.6 Å². The van der Waals surface area contributed by atoms with Crippen molar-refractivity contribution in [3.8, 4) is 0 Å². The van der Waals surface area contributed by atoms with E-state index in [-0.39, 0.29) is 5.91 Å². The molecule has 2 aromatic rings.